The van der Waals surface area contributed by atoms with Gasteiger partial charge in [0.1, 0.15) is 0 Å². The Bertz CT molecular complexity index is 226. The Kier molecular flexibility index (Phi) is 4.18. The summed E-state index contributed by atoms with van der Waals surface area (Å²) in [6, 6.07) is 0. The molecule has 0 saturated heterocycles. The summed E-state index contributed by atoms with van der Waals surface area (Å²) in [4.78, 5) is 13.8. The largest absolute Gasteiger partial charge is 0.320 e. The Balaban J connectivity index is 2.54. The standard InChI is InChI=1S/C12H21NO/c1-4-10(2)13(3)12(14)11-8-6-5-7-9-11/h4,11H,5-9H2,1-3H3. The van der Waals surface area contributed by atoms with Crippen LogP contribution in [0.25, 0.3) is 0 Å². The molecule has 0 bridgehead atoms. The number of amides is 1. The predicted octanol–water partition coefficient (Wildman–Crippen LogP) is 2.95. The third-order valence-electron chi connectivity index (χ3n) is 3.23. The number of nitrogens with zero attached hydrogens (tertiary/aromatic N) is 1. The van der Waals surface area contributed by atoms with Gasteiger partial charge in [-0.1, -0.05) is 25.3 Å². The first-order chi connectivity index (χ1) is 6.66. The summed E-state index contributed by atoms with van der Waals surface area (Å²) < 4.78 is 0. The van der Waals surface area contributed by atoms with Gasteiger partial charge >= 0.3 is 0 Å². The van der Waals surface area contributed by atoms with Crippen molar-refractivity contribution in [3.8, 4) is 0 Å². The van der Waals surface area contributed by atoms with Gasteiger partial charge in [0, 0.05) is 18.7 Å². The van der Waals surface area contributed by atoms with E-state index in [1.54, 1.807) is 4.90 Å². The van der Waals surface area contributed by atoms with E-state index in [9.17, 15) is 4.79 Å². The van der Waals surface area contributed by atoms with Crippen molar-refractivity contribution in [3.05, 3.63) is 11.8 Å². The minimum Gasteiger partial charge on any atom is -0.320 e. The van der Waals surface area contributed by atoms with E-state index < -0.39 is 0 Å². The molecule has 0 radical (unpaired) electrons. The molecule has 2 heteroatoms. The fourth-order valence-electron chi connectivity index (χ4n) is 1.99. The van der Waals surface area contributed by atoms with Crippen LogP contribution in [0.15, 0.2) is 11.8 Å². The van der Waals surface area contributed by atoms with Crippen molar-refractivity contribution in [2.75, 3.05) is 7.05 Å². The summed E-state index contributed by atoms with van der Waals surface area (Å²) in [6.45, 7) is 3.96. The SMILES string of the molecule is CC=C(C)N(C)C(=O)C1CCCCC1. The average molecular weight is 195 g/mol. The number of hydrogen-bond acceptors (Lipinski definition) is 1. The Morgan fingerprint density at radius 2 is 1.86 bits per heavy atom. The van der Waals surface area contributed by atoms with Gasteiger partial charge in [-0.15, -0.1) is 0 Å². The maximum absolute atomic E-state index is 12.0. The van der Waals surface area contributed by atoms with Crippen LogP contribution in [0.5, 0.6) is 0 Å². The maximum atomic E-state index is 12.0. The van der Waals surface area contributed by atoms with E-state index in [0.29, 0.717) is 5.91 Å². The summed E-state index contributed by atoms with van der Waals surface area (Å²) in [5.74, 6) is 0.587. The van der Waals surface area contributed by atoms with E-state index in [2.05, 4.69) is 0 Å². The zero-order valence-electron chi connectivity index (χ0n) is 9.55. The van der Waals surface area contributed by atoms with Crippen molar-refractivity contribution in [2.45, 2.75) is 46.0 Å². The molecule has 0 aromatic heterocycles. The van der Waals surface area contributed by atoms with Crippen molar-refractivity contribution in [1.29, 1.82) is 0 Å². The van der Waals surface area contributed by atoms with Crippen LogP contribution in [-0.4, -0.2) is 17.9 Å². The monoisotopic (exact) mass is 195 g/mol. The van der Waals surface area contributed by atoms with E-state index in [1.807, 2.05) is 27.0 Å². The molecule has 0 aromatic rings. The summed E-state index contributed by atoms with van der Waals surface area (Å²) in [7, 11) is 1.88. The molecule has 1 saturated carbocycles. The van der Waals surface area contributed by atoms with Crippen LogP contribution >= 0.6 is 0 Å². The van der Waals surface area contributed by atoms with Crippen molar-refractivity contribution in [3.63, 3.8) is 0 Å². The van der Waals surface area contributed by atoms with Gasteiger partial charge in [0.05, 0.1) is 0 Å². The zero-order valence-corrected chi connectivity index (χ0v) is 9.55. The van der Waals surface area contributed by atoms with Gasteiger partial charge in [0.2, 0.25) is 5.91 Å². The summed E-state index contributed by atoms with van der Waals surface area (Å²) in [6.07, 6.45) is 7.90. The van der Waals surface area contributed by atoms with E-state index in [-0.39, 0.29) is 5.92 Å². The first kappa shape index (κ1) is 11.3. The average Bonchev–Trinajstić information content (AvgIpc) is 2.27. The molecular weight excluding hydrogens is 174 g/mol. The molecular formula is C12H21NO. The second-order valence-electron chi connectivity index (χ2n) is 4.16. The fraction of sp³-hybridized carbons (Fsp3) is 0.750. The molecule has 1 aliphatic carbocycles. The molecule has 1 fully saturated rings. The number of carbonyl (C=O) groups is 1. The quantitative estimate of drug-likeness (QED) is 0.663. The Labute approximate surface area is 87.0 Å². The molecule has 1 aliphatic rings. The molecule has 1 amide bonds. The zero-order chi connectivity index (χ0) is 10.6. The van der Waals surface area contributed by atoms with Crippen LogP contribution < -0.4 is 0 Å². The van der Waals surface area contributed by atoms with Gasteiger partial charge < -0.3 is 4.90 Å². The second kappa shape index (κ2) is 5.18. The molecule has 1 rings (SSSR count). The molecule has 0 aliphatic heterocycles. The summed E-state index contributed by atoms with van der Waals surface area (Å²) in [5, 5.41) is 0. The van der Waals surface area contributed by atoms with Gasteiger partial charge in [-0.2, -0.15) is 0 Å². The molecule has 2 nitrogen and oxygen atoms in total. The second-order valence-corrected chi connectivity index (χ2v) is 4.16. The number of allylic oxidation sites excluding steroid dienone is 2. The van der Waals surface area contributed by atoms with Crippen LogP contribution in [-0.2, 0) is 4.79 Å². The highest BCUT2D eigenvalue weighted by Crippen LogP contribution is 2.25. The topological polar surface area (TPSA) is 20.3 Å². The molecule has 0 aromatic carbocycles. The molecule has 0 heterocycles. The first-order valence-corrected chi connectivity index (χ1v) is 5.57. The summed E-state index contributed by atoms with van der Waals surface area (Å²) >= 11 is 0. The van der Waals surface area contributed by atoms with Crippen LogP contribution in [0, 0.1) is 5.92 Å². The van der Waals surface area contributed by atoms with Crippen molar-refractivity contribution in [2.24, 2.45) is 5.92 Å². The lowest BCUT2D eigenvalue weighted by molar-refractivity contribution is -0.133. The van der Waals surface area contributed by atoms with Crippen molar-refractivity contribution in [1.82, 2.24) is 4.90 Å². The highest BCUT2D eigenvalue weighted by molar-refractivity contribution is 5.80. The lowest BCUT2D eigenvalue weighted by atomic mass is 9.88. The Hall–Kier alpha value is -0.790. The smallest absolute Gasteiger partial charge is 0.229 e. The molecule has 0 spiro atoms. The van der Waals surface area contributed by atoms with E-state index in [4.69, 9.17) is 0 Å². The Morgan fingerprint density at radius 1 is 1.29 bits per heavy atom. The first-order valence-electron chi connectivity index (χ1n) is 5.57. The van der Waals surface area contributed by atoms with Gasteiger partial charge in [0.15, 0.2) is 0 Å². The number of rotatable bonds is 2. The molecule has 0 atom stereocenters. The van der Waals surface area contributed by atoms with Crippen LogP contribution in [0.4, 0.5) is 0 Å². The van der Waals surface area contributed by atoms with Gasteiger partial charge in [-0.05, 0) is 26.7 Å². The van der Waals surface area contributed by atoms with Crippen molar-refractivity contribution >= 4 is 5.91 Å². The summed E-state index contributed by atoms with van der Waals surface area (Å²) in [5.41, 5.74) is 1.06. The van der Waals surface area contributed by atoms with Gasteiger partial charge in [-0.25, -0.2) is 0 Å². The molecule has 80 valence electrons. The lowest BCUT2D eigenvalue weighted by Gasteiger charge is -2.26. The van der Waals surface area contributed by atoms with Crippen LogP contribution in [0.2, 0.25) is 0 Å². The molecule has 14 heavy (non-hydrogen) atoms. The molecule has 0 N–H and O–H groups in total. The highest BCUT2D eigenvalue weighted by atomic mass is 16.2. The van der Waals surface area contributed by atoms with E-state index in [0.717, 1.165) is 18.5 Å². The third kappa shape index (κ3) is 2.60. The molecule has 0 unspecified atom stereocenters. The highest BCUT2D eigenvalue weighted by Gasteiger charge is 2.24. The number of hydrogen-bond donors (Lipinski definition) is 0. The van der Waals surface area contributed by atoms with Crippen molar-refractivity contribution < 1.29 is 4.79 Å². The van der Waals surface area contributed by atoms with Crippen LogP contribution in [0.1, 0.15) is 46.0 Å². The fourth-order valence-corrected chi connectivity index (χ4v) is 1.99. The van der Waals surface area contributed by atoms with E-state index >= 15 is 0 Å². The lowest BCUT2D eigenvalue weighted by Crippen LogP contribution is -2.32. The predicted molar refractivity (Wildman–Crippen MR) is 58.8 cm³/mol. The minimum absolute atomic E-state index is 0.281. The van der Waals surface area contributed by atoms with Gasteiger partial charge in [-0.3, -0.25) is 4.79 Å². The number of carbonyl (C=O) groups excluding carboxylic acids is 1. The normalized spacial score (nSPS) is 19.5. The third-order valence-corrected chi connectivity index (χ3v) is 3.23. The maximum Gasteiger partial charge on any atom is 0.229 e. The van der Waals surface area contributed by atoms with Gasteiger partial charge in [0.25, 0.3) is 0 Å². The van der Waals surface area contributed by atoms with E-state index in [1.165, 1.54) is 19.3 Å². The minimum atomic E-state index is 0.281. The van der Waals surface area contributed by atoms with Crippen LogP contribution in [0.3, 0.4) is 0 Å². The Morgan fingerprint density at radius 3 is 2.36 bits per heavy atom.